The van der Waals surface area contributed by atoms with E-state index >= 15 is 0 Å². The fourth-order valence-electron chi connectivity index (χ4n) is 2.49. The van der Waals surface area contributed by atoms with Crippen LogP contribution in [0.3, 0.4) is 0 Å². The molecule has 1 saturated heterocycles. The van der Waals surface area contributed by atoms with Crippen LogP contribution >= 0.6 is 11.3 Å². The summed E-state index contributed by atoms with van der Waals surface area (Å²) in [7, 11) is 0. The van der Waals surface area contributed by atoms with Crippen LogP contribution in [0.4, 0.5) is 0 Å². The molecule has 1 aliphatic heterocycles. The van der Waals surface area contributed by atoms with Gasteiger partial charge in [-0.2, -0.15) is 0 Å². The highest BCUT2D eigenvalue weighted by Gasteiger charge is 2.25. The van der Waals surface area contributed by atoms with Gasteiger partial charge in [0.1, 0.15) is 5.01 Å². The van der Waals surface area contributed by atoms with Crippen LogP contribution in [0, 0.1) is 0 Å². The van der Waals surface area contributed by atoms with Crippen molar-refractivity contribution in [3.8, 4) is 0 Å². The molecule has 2 heterocycles. The van der Waals surface area contributed by atoms with Gasteiger partial charge in [0.2, 0.25) is 0 Å². The Labute approximate surface area is 111 Å². The number of nitrogens with two attached hydrogens (primary N) is 1. The summed E-state index contributed by atoms with van der Waals surface area (Å²) in [5, 5.41) is 1.03. The van der Waals surface area contributed by atoms with Crippen molar-refractivity contribution in [3.63, 3.8) is 0 Å². The summed E-state index contributed by atoms with van der Waals surface area (Å²) in [5.41, 5.74) is 7.30. The highest BCUT2D eigenvalue weighted by Crippen LogP contribution is 2.30. The van der Waals surface area contributed by atoms with Crippen LogP contribution < -0.4 is 5.73 Å². The van der Waals surface area contributed by atoms with Crippen LogP contribution in [0.25, 0.3) is 10.2 Å². The lowest BCUT2D eigenvalue weighted by molar-refractivity contribution is 0.0469. The number of benzene rings is 1. The third-order valence-electron chi connectivity index (χ3n) is 3.46. The fourth-order valence-corrected chi connectivity index (χ4v) is 3.47. The average molecular weight is 262 g/mol. The monoisotopic (exact) mass is 262 g/mol. The Balaban J connectivity index is 1.73. The highest BCUT2D eigenvalue weighted by atomic mass is 32.1. The molecule has 1 aliphatic rings. The first-order valence-corrected chi connectivity index (χ1v) is 7.30. The van der Waals surface area contributed by atoms with Gasteiger partial charge in [0.25, 0.3) is 0 Å². The van der Waals surface area contributed by atoms with Crippen molar-refractivity contribution >= 4 is 21.6 Å². The molecule has 4 heteroatoms. The predicted octanol–water partition coefficient (Wildman–Crippen LogP) is 3.25. The van der Waals surface area contributed by atoms with E-state index in [1.165, 1.54) is 4.70 Å². The summed E-state index contributed by atoms with van der Waals surface area (Å²) in [6.45, 7) is 2.13. The number of nitrogens with zero attached hydrogens (tertiary/aromatic N) is 1. The zero-order valence-electron chi connectivity index (χ0n) is 10.5. The molecule has 3 nitrogen and oxygen atoms in total. The minimum atomic E-state index is -0.00213. The van der Waals surface area contributed by atoms with Gasteiger partial charge in [-0.1, -0.05) is 12.1 Å². The zero-order chi connectivity index (χ0) is 12.5. The first kappa shape index (κ1) is 12.1. The normalized spacial score (nSPS) is 25.7. The van der Waals surface area contributed by atoms with Crippen molar-refractivity contribution in [2.24, 2.45) is 5.73 Å². The molecule has 0 saturated carbocycles. The van der Waals surface area contributed by atoms with Crippen molar-refractivity contribution < 1.29 is 4.74 Å². The van der Waals surface area contributed by atoms with Gasteiger partial charge in [-0.25, -0.2) is 4.98 Å². The van der Waals surface area contributed by atoms with Crippen molar-refractivity contribution in [1.29, 1.82) is 0 Å². The molecule has 18 heavy (non-hydrogen) atoms. The maximum absolute atomic E-state index is 6.25. The molecule has 0 radical (unpaired) electrons. The smallest absolute Gasteiger partial charge is 0.111 e. The number of hydrogen-bond donors (Lipinski definition) is 1. The van der Waals surface area contributed by atoms with Gasteiger partial charge in [-0.3, -0.25) is 0 Å². The second-order valence-corrected chi connectivity index (χ2v) is 6.07. The van der Waals surface area contributed by atoms with Gasteiger partial charge in [0.15, 0.2) is 0 Å². The van der Waals surface area contributed by atoms with E-state index in [2.05, 4.69) is 18.0 Å². The van der Waals surface area contributed by atoms with Crippen molar-refractivity contribution in [2.75, 3.05) is 0 Å². The molecular weight excluding hydrogens is 244 g/mol. The summed E-state index contributed by atoms with van der Waals surface area (Å²) < 4.78 is 7.04. The number of para-hydroxylation sites is 1. The standard InChI is InChI=1S/C14H18N2OS/c1-9-6-7-10(17-9)8-11(15)14-16-12-4-2-3-5-13(12)18-14/h2-5,9-11H,6-8,15H2,1H3. The SMILES string of the molecule is CC1CCC(CC(N)c2nc3ccccc3s2)O1. The van der Waals surface area contributed by atoms with Gasteiger partial charge in [-0.05, 0) is 38.3 Å². The van der Waals surface area contributed by atoms with E-state index in [1.807, 2.05) is 18.2 Å². The third-order valence-corrected chi connectivity index (χ3v) is 4.63. The molecule has 1 aromatic heterocycles. The second kappa shape index (κ2) is 4.96. The lowest BCUT2D eigenvalue weighted by Crippen LogP contribution is -2.19. The minimum absolute atomic E-state index is 0.00213. The highest BCUT2D eigenvalue weighted by molar-refractivity contribution is 7.18. The Hall–Kier alpha value is -0.970. The number of ether oxygens (including phenoxy) is 1. The Kier molecular flexibility index (Phi) is 3.33. The molecule has 96 valence electrons. The van der Waals surface area contributed by atoms with Gasteiger partial charge in [0.05, 0.1) is 28.5 Å². The molecule has 1 aromatic carbocycles. The second-order valence-electron chi connectivity index (χ2n) is 5.01. The minimum Gasteiger partial charge on any atom is -0.375 e. The molecular formula is C14H18N2OS. The first-order chi connectivity index (χ1) is 8.72. The Morgan fingerprint density at radius 1 is 1.44 bits per heavy atom. The summed E-state index contributed by atoms with van der Waals surface area (Å²) in [5.74, 6) is 0. The Bertz CT molecular complexity index is 506. The Morgan fingerprint density at radius 2 is 2.28 bits per heavy atom. The lowest BCUT2D eigenvalue weighted by Gasteiger charge is -2.14. The zero-order valence-corrected chi connectivity index (χ0v) is 11.3. The average Bonchev–Trinajstić information content (AvgIpc) is 2.95. The molecule has 2 N–H and O–H groups in total. The van der Waals surface area contributed by atoms with E-state index < -0.39 is 0 Å². The summed E-state index contributed by atoms with van der Waals surface area (Å²) in [4.78, 5) is 4.61. The van der Waals surface area contributed by atoms with E-state index in [0.717, 1.165) is 29.8 Å². The number of thiazole rings is 1. The molecule has 0 aliphatic carbocycles. The number of aromatic nitrogens is 1. The topological polar surface area (TPSA) is 48.1 Å². The van der Waals surface area contributed by atoms with Crippen LogP contribution in [-0.2, 0) is 4.74 Å². The van der Waals surface area contributed by atoms with E-state index in [-0.39, 0.29) is 6.04 Å². The Morgan fingerprint density at radius 3 is 3.00 bits per heavy atom. The van der Waals surface area contributed by atoms with E-state index in [1.54, 1.807) is 11.3 Å². The molecule has 3 unspecified atom stereocenters. The predicted molar refractivity (Wildman–Crippen MR) is 74.7 cm³/mol. The largest absolute Gasteiger partial charge is 0.375 e. The van der Waals surface area contributed by atoms with Gasteiger partial charge < -0.3 is 10.5 Å². The number of hydrogen-bond acceptors (Lipinski definition) is 4. The molecule has 3 rings (SSSR count). The van der Waals surface area contributed by atoms with Crippen molar-refractivity contribution in [3.05, 3.63) is 29.3 Å². The molecule has 1 fully saturated rings. The van der Waals surface area contributed by atoms with Gasteiger partial charge in [0, 0.05) is 0 Å². The lowest BCUT2D eigenvalue weighted by atomic mass is 10.1. The van der Waals surface area contributed by atoms with Crippen LogP contribution in [0.2, 0.25) is 0 Å². The van der Waals surface area contributed by atoms with E-state index in [9.17, 15) is 0 Å². The summed E-state index contributed by atoms with van der Waals surface area (Å²) in [6, 6.07) is 8.18. The van der Waals surface area contributed by atoms with Crippen LogP contribution in [0.15, 0.2) is 24.3 Å². The van der Waals surface area contributed by atoms with E-state index in [0.29, 0.717) is 12.2 Å². The molecule has 0 bridgehead atoms. The molecule has 0 spiro atoms. The van der Waals surface area contributed by atoms with Crippen molar-refractivity contribution in [1.82, 2.24) is 4.98 Å². The van der Waals surface area contributed by atoms with Crippen LogP contribution in [0.1, 0.15) is 37.2 Å². The van der Waals surface area contributed by atoms with Gasteiger partial charge >= 0.3 is 0 Å². The summed E-state index contributed by atoms with van der Waals surface area (Å²) >= 11 is 1.70. The maximum Gasteiger partial charge on any atom is 0.111 e. The maximum atomic E-state index is 6.25. The van der Waals surface area contributed by atoms with Crippen LogP contribution in [0.5, 0.6) is 0 Å². The number of fused-ring (bicyclic) bond motifs is 1. The third kappa shape index (κ3) is 2.41. The fraction of sp³-hybridized carbons (Fsp3) is 0.500. The van der Waals surface area contributed by atoms with Gasteiger partial charge in [-0.15, -0.1) is 11.3 Å². The number of rotatable bonds is 3. The van der Waals surface area contributed by atoms with Crippen molar-refractivity contribution in [2.45, 2.75) is 44.4 Å². The van der Waals surface area contributed by atoms with E-state index in [4.69, 9.17) is 10.5 Å². The first-order valence-electron chi connectivity index (χ1n) is 6.49. The molecule has 2 aromatic rings. The van der Waals surface area contributed by atoms with Crippen LogP contribution in [-0.4, -0.2) is 17.2 Å². The quantitative estimate of drug-likeness (QED) is 0.923. The molecule has 3 atom stereocenters. The molecule has 0 amide bonds. The summed E-state index contributed by atoms with van der Waals surface area (Å²) in [6.07, 6.45) is 3.85.